The van der Waals surface area contributed by atoms with Gasteiger partial charge >= 0.3 is 11.9 Å². The molecule has 7 atom stereocenters. The van der Waals surface area contributed by atoms with Crippen LogP contribution in [0.4, 0.5) is 0 Å². The highest BCUT2D eigenvalue weighted by Crippen LogP contribution is 2.38. The van der Waals surface area contributed by atoms with E-state index in [1.165, 1.54) is 0 Å². The number of aliphatic hydroxyl groups excluding tert-OH is 2. The number of hydrogen-bond acceptors (Lipinski definition) is 10. The maximum atomic E-state index is 12.6. The van der Waals surface area contributed by atoms with E-state index in [9.17, 15) is 19.8 Å². The van der Waals surface area contributed by atoms with Crippen LogP contribution < -0.4 is 0 Å². The largest absolute Gasteiger partial charge is 0.465 e. The van der Waals surface area contributed by atoms with Crippen molar-refractivity contribution in [1.82, 2.24) is 0 Å². The maximum Gasteiger partial charge on any atom is 0.306 e. The number of rotatable bonds is 16. The molecule has 2 aliphatic heterocycles. The molecule has 7 unspecified atom stereocenters. The van der Waals surface area contributed by atoms with E-state index < -0.39 is 36.0 Å². The molecule has 0 aliphatic carbocycles. The molecule has 0 amide bonds. The first kappa shape index (κ1) is 39.9. The van der Waals surface area contributed by atoms with Gasteiger partial charge in [0.15, 0.2) is 11.6 Å². The van der Waals surface area contributed by atoms with Crippen molar-refractivity contribution in [3.05, 3.63) is 0 Å². The monoisotopic (exact) mass is 644 g/mol. The van der Waals surface area contributed by atoms with Gasteiger partial charge in [-0.1, -0.05) is 69.2 Å². The molecule has 2 N–H and O–H groups in total. The van der Waals surface area contributed by atoms with Gasteiger partial charge in [-0.05, 0) is 49.4 Å². The minimum absolute atomic E-state index is 0.0466. The molecule has 45 heavy (non-hydrogen) atoms. The van der Waals surface area contributed by atoms with Crippen molar-refractivity contribution >= 4 is 11.9 Å². The van der Waals surface area contributed by atoms with Crippen molar-refractivity contribution in [3.8, 4) is 0 Å². The van der Waals surface area contributed by atoms with Gasteiger partial charge in [0.2, 0.25) is 0 Å². The van der Waals surface area contributed by atoms with Crippen LogP contribution in [0.3, 0.4) is 0 Å². The van der Waals surface area contributed by atoms with Crippen molar-refractivity contribution in [3.63, 3.8) is 0 Å². The minimum atomic E-state index is -1.31. The fraction of sp³-hybridized carbons (Fsp3) is 0.943. The summed E-state index contributed by atoms with van der Waals surface area (Å²) in [6.45, 7) is 25.6. The summed E-state index contributed by atoms with van der Waals surface area (Å²) in [7, 11) is 0. The molecule has 0 radical (unpaired) electrons. The van der Waals surface area contributed by atoms with Crippen LogP contribution in [0.25, 0.3) is 0 Å². The third-order valence-corrected chi connectivity index (χ3v) is 8.61. The van der Waals surface area contributed by atoms with Crippen LogP contribution in [-0.4, -0.2) is 84.6 Å². The van der Waals surface area contributed by atoms with Crippen LogP contribution in [-0.2, 0) is 38.0 Å². The molecule has 264 valence electrons. The summed E-state index contributed by atoms with van der Waals surface area (Å²) in [5, 5.41) is 21.9. The average molecular weight is 645 g/mol. The van der Waals surface area contributed by atoms with Gasteiger partial charge in [-0.2, -0.15) is 0 Å². The summed E-state index contributed by atoms with van der Waals surface area (Å²) in [6.07, 6.45) is -0.816. The van der Waals surface area contributed by atoms with E-state index in [1.807, 2.05) is 0 Å². The van der Waals surface area contributed by atoms with E-state index in [4.69, 9.17) is 28.4 Å². The molecule has 2 heterocycles. The molecule has 0 aromatic heterocycles. The lowest BCUT2D eigenvalue weighted by molar-refractivity contribution is -0.199. The Morgan fingerprint density at radius 1 is 0.733 bits per heavy atom. The number of ether oxygens (including phenoxy) is 6. The topological polar surface area (TPSA) is 130 Å². The fourth-order valence-electron chi connectivity index (χ4n) is 6.71. The van der Waals surface area contributed by atoms with Gasteiger partial charge in [0.05, 0.1) is 39.3 Å². The van der Waals surface area contributed by atoms with Crippen LogP contribution in [0.1, 0.15) is 128 Å². The molecule has 0 aromatic carbocycles. The lowest BCUT2D eigenvalue weighted by Gasteiger charge is -2.34. The van der Waals surface area contributed by atoms with Gasteiger partial charge in [0, 0.05) is 18.3 Å². The zero-order valence-electron chi connectivity index (χ0n) is 30.2. The number of hydrogen-bond donors (Lipinski definition) is 2. The molecular weight excluding hydrogens is 580 g/mol. The predicted octanol–water partition coefficient (Wildman–Crippen LogP) is 5.93. The second-order valence-electron chi connectivity index (χ2n) is 17.3. The van der Waals surface area contributed by atoms with Gasteiger partial charge in [-0.15, -0.1) is 0 Å². The quantitative estimate of drug-likeness (QED) is 0.195. The van der Waals surface area contributed by atoms with Gasteiger partial charge in [0.25, 0.3) is 0 Å². The van der Waals surface area contributed by atoms with Crippen molar-refractivity contribution in [2.45, 2.75) is 164 Å². The van der Waals surface area contributed by atoms with Crippen LogP contribution >= 0.6 is 0 Å². The molecule has 2 fully saturated rings. The highest BCUT2D eigenvalue weighted by molar-refractivity contribution is 5.69. The van der Waals surface area contributed by atoms with E-state index in [-0.39, 0.29) is 72.5 Å². The molecule has 0 spiro atoms. The summed E-state index contributed by atoms with van der Waals surface area (Å²) in [5.74, 6) is -2.87. The molecule has 10 nitrogen and oxygen atoms in total. The molecule has 0 saturated carbocycles. The lowest BCUT2D eigenvalue weighted by atomic mass is 9.74. The Morgan fingerprint density at radius 2 is 1.13 bits per heavy atom. The van der Waals surface area contributed by atoms with Crippen LogP contribution in [0.2, 0.25) is 0 Å². The molecule has 10 heteroatoms. The summed E-state index contributed by atoms with van der Waals surface area (Å²) in [5.41, 5.74) is 0.0121. The molecular formula is C35H64O10. The van der Waals surface area contributed by atoms with E-state index in [0.29, 0.717) is 13.2 Å². The Morgan fingerprint density at radius 3 is 1.51 bits per heavy atom. The number of aliphatic hydroxyl groups is 2. The predicted molar refractivity (Wildman–Crippen MR) is 171 cm³/mol. The van der Waals surface area contributed by atoms with Crippen molar-refractivity contribution in [2.24, 2.45) is 21.7 Å². The molecule has 2 rings (SSSR count). The Balaban J connectivity index is 1.79. The van der Waals surface area contributed by atoms with Gasteiger partial charge in [0.1, 0.15) is 24.4 Å². The normalized spacial score (nSPS) is 28.8. The van der Waals surface area contributed by atoms with E-state index in [2.05, 4.69) is 69.2 Å². The van der Waals surface area contributed by atoms with Crippen LogP contribution in [0.15, 0.2) is 0 Å². The highest BCUT2D eigenvalue weighted by atomic mass is 16.8. The Bertz CT molecular complexity index is 968. The second kappa shape index (κ2) is 15.3. The van der Waals surface area contributed by atoms with Gasteiger partial charge in [-0.25, -0.2) is 0 Å². The van der Waals surface area contributed by atoms with Crippen molar-refractivity contribution < 1.29 is 48.2 Å². The van der Waals surface area contributed by atoms with Crippen molar-refractivity contribution in [2.75, 3.05) is 26.4 Å². The summed E-state index contributed by atoms with van der Waals surface area (Å²) >= 11 is 0. The number of carbonyl (C=O) groups excluding carboxylic acids is 2. The van der Waals surface area contributed by atoms with E-state index in [0.717, 1.165) is 19.3 Å². The average Bonchev–Trinajstić information content (AvgIpc) is 3.49. The standard InChI is InChI=1S/C35H64O10/c1-13-33(10,21-31(5,6)7)23-41-27(37)15-17-35(12)43-19-25(45-35)29(39)28(38)24-18-42-34(11,44-24)16-14-26(36)40-22-32(8,9)20-30(2,3)4/h24-25,28-29,38-39H,13-23H2,1-12H3. The van der Waals surface area contributed by atoms with Crippen LogP contribution in [0.5, 0.6) is 0 Å². The highest BCUT2D eigenvalue weighted by Gasteiger charge is 2.48. The first-order valence-electron chi connectivity index (χ1n) is 16.7. The summed E-state index contributed by atoms with van der Waals surface area (Å²) < 4.78 is 34.8. The first-order chi connectivity index (χ1) is 20.4. The number of esters is 2. The Kier molecular flexibility index (Phi) is 13.5. The molecule has 2 aliphatic rings. The first-order valence-corrected chi connectivity index (χ1v) is 16.7. The Labute approximate surface area is 272 Å². The second-order valence-corrected chi connectivity index (χ2v) is 17.3. The molecule has 0 bridgehead atoms. The van der Waals surface area contributed by atoms with Crippen molar-refractivity contribution in [1.29, 1.82) is 0 Å². The summed E-state index contributed by atoms with van der Waals surface area (Å²) in [6, 6.07) is 0. The third-order valence-electron chi connectivity index (χ3n) is 8.61. The van der Waals surface area contributed by atoms with Gasteiger partial charge in [-0.3, -0.25) is 9.59 Å². The smallest absolute Gasteiger partial charge is 0.306 e. The fourth-order valence-corrected chi connectivity index (χ4v) is 6.71. The minimum Gasteiger partial charge on any atom is -0.465 e. The summed E-state index contributed by atoms with van der Waals surface area (Å²) in [4.78, 5) is 25.0. The molecule has 0 aromatic rings. The van der Waals surface area contributed by atoms with E-state index >= 15 is 0 Å². The van der Waals surface area contributed by atoms with Crippen LogP contribution in [0, 0.1) is 21.7 Å². The zero-order chi connectivity index (χ0) is 34.5. The third kappa shape index (κ3) is 13.8. The zero-order valence-corrected chi connectivity index (χ0v) is 30.2. The number of carbonyl (C=O) groups is 2. The van der Waals surface area contributed by atoms with Gasteiger partial charge < -0.3 is 38.6 Å². The van der Waals surface area contributed by atoms with E-state index in [1.54, 1.807) is 13.8 Å². The lowest BCUT2D eigenvalue weighted by Crippen LogP contribution is -2.47. The Hall–Kier alpha value is -1.30. The molecule has 2 saturated heterocycles. The maximum absolute atomic E-state index is 12.6. The SMILES string of the molecule is CCC(C)(COC(=O)CCC1(C)OCC(C(O)C(O)C2COC(C)(CCC(=O)OCC(C)(C)CC(C)(C)C)O2)O1)CC(C)(C)C.